The Morgan fingerprint density at radius 3 is 2.43 bits per heavy atom. The van der Waals surface area contributed by atoms with E-state index in [-0.39, 0.29) is 6.10 Å². The molecule has 3 rings (SSSR count). The summed E-state index contributed by atoms with van der Waals surface area (Å²) in [4.78, 5) is 0. The lowest BCUT2D eigenvalue weighted by atomic mass is 9.89. The second kappa shape index (κ2) is 3.09. The van der Waals surface area contributed by atoms with Crippen LogP contribution in [0.5, 0.6) is 0 Å². The van der Waals surface area contributed by atoms with Crippen molar-refractivity contribution in [2.75, 3.05) is 0 Å². The van der Waals surface area contributed by atoms with Crippen molar-refractivity contribution in [1.29, 1.82) is 0 Å². The largest absolute Gasteiger partial charge is 0.393 e. The first-order valence-corrected chi connectivity index (χ1v) is 5.59. The Balaban J connectivity index is 1.94. The molecule has 0 radical (unpaired) electrons. The Kier molecular flexibility index (Phi) is 1.88. The summed E-state index contributed by atoms with van der Waals surface area (Å²) in [6.07, 6.45) is 3.55. The maximum absolute atomic E-state index is 9.85. The average molecular weight is 188 g/mol. The van der Waals surface area contributed by atoms with Crippen molar-refractivity contribution in [3.8, 4) is 0 Å². The molecule has 0 amide bonds. The molecule has 14 heavy (non-hydrogen) atoms. The number of hydrogen-bond donors (Lipinski definition) is 1. The fourth-order valence-electron chi connectivity index (χ4n) is 3.49. The molecule has 74 valence electrons. The molecule has 2 bridgehead atoms. The smallest absolute Gasteiger partial charge is 0.0577 e. The summed E-state index contributed by atoms with van der Waals surface area (Å²) < 4.78 is 0. The summed E-state index contributed by atoms with van der Waals surface area (Å²) in [5, 5.41) is 9.85. The van der Waals surface area contributed by atoms with Crippen LogP contribution in [0, 0.1) is 11.8 Å². The molecule has 1 N–H and O–H groups in total. The van der Waals surface area contributed by atoms with Crippen molar-refractivity contribution in [3.63, 3.8) is 0 Å². The molecule has 1 heteroatoms. The summed E-state index contributed by atoms with van der Waals surface area (Å²) in [6.45, 7) is 0. The first-order chi connectivity index (χ1) is 6.86. The van der Waals surface area contributed by atoms with E-state index in [9.17, 15) is 5.11 Å². The highest BCUT2D eigenvalue weighted by atomic mass is 16.3. The highest BCUT2D eigenvalue weighted by molar-refractivity contribution is 5.25. The number of benzene rings is 1. The molecule has 2 saturated carbocycles. The Hall–Kier alpha value is -0.820. The number of rotatable bonds is 1. The zero-order valence-corrected chi connectivity index (χ0v) is 8.26. The van der Waals surface area contributed by atoms with E-state index in [0.29, 0.717) is 11.8 Å². The van der Waals surface area contributed by atoms with E-state index in [4.69, 9.17) is 0 Å². The van der Waals surface area contributed by atoms with Gasteiger partial charge in [0.15, 0.2) is 0 Å². The molecule has 2 aliphatic carbocycles. The van der Waals surface area contributed by atoms with Gasteiger partial charge in [0.2, 0.25) is 0 Å². The van der Waals surface area contributed by atoms with E-state index in [1.165, 1.54) is 18.4 Å². The van der Waals surface area contributed by atoms with Gasteiger partial charge in [0.05, 0.1) is 6.10 Å². The van der Waals surface area contributed by atoms with Crippen LogP contribution >= 0.6 is 0 Å². The lowest BCUT2D eigenvalue weighted by Gasteiger charge is -2.17. The quantitative estimate of drug-likeness (QED) is 0.718. The van der Waals surface area contributed by atoms with Gasteiger partial charge in [-0.05, 0) is 42.6 Å². The number of fused-ring (bicyclic) bond motifs is 2. The summed E-state index contributed by atoms with van der Waals surface area (Å²) >= 11 is 0. The Morgan fingerprint density at radius 2 is 1.86 bits per heavy atom. The standard InChI is InChI=1S/C13H16O/c14-12-8-10-6-7-11(12)13(10)9-4-2-1-3-5-9/h1-5,10-14H,6-8H2/t10-,11+,12?,13+/m0/s1. The molecule has 1 nitrogen and oxygen atoms in total. The first-order valence-electron chi connectivity index (χ1n) is 5.59. The minimum absolute atomic E-state index is 0.0287. The van der Waals surface area contributed by atoms with E-state index in [0.717, 1.165) is 12.3 Å². The predicted molar refractivity (Wildman–Crippen MR) is 56.0 cm³/mol. The van der Waals surface area contributed by atoms with Gasteiger partial charge in [-0.3, -0.25) is 0 Å². The minimum atomic E-state index is -0.0287. The minimum Gasteiger partial charge on any atom is -0.393 e. The summed E-state index contributed by atoms with van der Waals surface area (Å²) in [5.41, 5.74) is 1.44. The monoisotopic (exact) mass is 188 g/mol. The lowest BCUT2D eigenvalue weighted by molar-refractivity contribution is 0.111. The van der Waals surface area contributed by atoms with Gasteiger partial charge in [-0.15, -0.1) is 0 Å². The third-order valence-corrected chi connectivity index (χ3v) is 4.06. The highest BCUT2D eigenvalue weighted by Crippen LogP contribution is 2.54. The molecule has 1 aromatic carbocycles. The van der Waals surface area contributed by atoms with E-state index in [1.807, 2.05) is 0 Å². The summed E-state index contributed by atoms with van der Waals surface area (Å²) in [5.74, 6) is 1.94. The highest BCUT2D eigenvalue weighted by Gasteiger charge is 2.47. The van der Waals surface area contributed by atoms with E-state index in [1.54, 1.807) is 0 Å². The van der Waals surface area contributed by atoms with Crippen LogP contribution in [0.4, 0.5) is 0 Å². The topological polar surface area (TPSA) is 20.2 Å². The zero-order chi connectivity index (χ0) is 9.54. The molecule has 0 aromatic heterocycles. The van der Waals surface area contributed by atoms with Crippen molar-refractivity contribution in [2.24, 2.45) is 11.8 Å². The van der Waals surface area contributed by atoms with Gasteiger partial charge in [-0.2, -0.15) is 0 Å². The van der Waals surface area contributed by atoms with Crippen LogP contribution in [0.3, 0.4) is 0 Å². The van der Waals surface area contributed by atoms with Gasteiger partial charge >= 0.3 is 0 Å². The lowest BCUT2D eigenvalue weighted by Crippen LogP contribution is -2.16. The van der Waals surface area contributed by atoms with Crippen LogP contribution in [-0.2, 0) is 0 Å². The molecule has 2 aliphatic rings. The van der Waals surface area contributed by atoms with Crippen LogP contribution in [0.2, 0.25) is 0 Å². The van der Waals surface area contributed by atoms with Gasteiger partial charge < -0.3 is 5.11 Å². The van der Waals surface area contributed by atoms with E-state index >= 15 is 0 Å². The fourth-order valence-corrected chi connectivity index (χ4v) is 3.49. The molecule has 0 heterocycles. The second-order valence-electron chi connectivity index (χ2n) is 4.74. The van der Waals surface area contributed by atoms with Crippen molar-refractivity contribution >= 4 is 0 Å². The summed E-state index contributed by atoms with van der Waals surface area (Å²) in [7, 11) is 0. The Bertz CT molecular complexity index is 319. The van der Waals surface area contributed by atoms with Crippen molar-refractivity contribution < 1.29 is 5.11 Å². The van der Waals surface area contributed by atoms with Crippen molar-refractivity contribution in [2.45, 2.75) is 31.3 Å². The second-order valence-corrected chi connectivity index (χ2v) is 4.74. The molecule has 0 aliphatic heterocycles. The zero-order valence-electron chi connectivity index (χ0n) is 8.26. The molecule has 1 aromatic rings. The first kappa shape index (κ1) is 8.49. The third-order valence-electron chi connectivity index (χ3n) is 4.06. The normalized spacial score (nSPS) is 40.4. The average Bonchev–Trinajstić information content (AvgIpc) is 2.75. The Labute approximate surface area is 84.8 Å². The van der Waals surface area contributed by atoms with Gasteiger partial charge in [0, 0.05) is 0 Å². The Morgan fingerprint density at radius 1 is 1.07 bits per heavy atom. The number of aliphatic hydroxyl groups is 1. The fraction of sp³-hybridized carbons (Fsp3) is 0.538. The van der Waals surface area contributed by atoms with Crippen LogP contribution < -0.4 is 0 Å². The molecule has 4 atom stereocenters. The van der Waals surface area contributed by atoms with Crippen molar-refractivity contribution in [1.82, 2.24) is 0 Å². The van der Waals surface area contributed by atoms with Gasteiger partial charge in [0.1, 0.15) is 0 Å². The number of aliphatic hydroxyl groups excluding tert-OH is 1. The molecule has 0 spiro atoms. The third kappa shape index (κ3) is 1.12. The van der Waals surface area contributed by atoms with Crippen LogP contribution in [-0.4, -0.2) is 11.2 Å². The maximum atomic E-state index is 9.85. The molecule has 0 saturated heterocycles. The SMILES string of the molecule is OC1C[C@@H]2CC[C@H]1[C@@H]2c1ccccc1. The molecule has 1 unspecified atom stereocenters. The molecular weight excluding hydrogens is 172 g/mol. The number of hydrogen-bond acceptors (Lipinski definition) is 1. The molecular formula is C13H16O. The van der Waals surface area contributed by atoms with E-state index < -0.39 is 0 Å². The van der Waals surface area contributed by atoms with Crippen LogP contribution in [0.15, 0.2) is 30.3 Å². The van der Waals surface area contributed by atoms with Crippen LogP contribution in [0.25, 0.3) is 0 Å². The van der Waals surface area contributed by atoms with Crippen LogP contribution in [0.1, 0.15) is 30.7 Å². The van der Waals surface area contributed by atoms with Gasteiger partial charge in [-0.1, -0.05) is 30.3 Å². The van der Waals surface area contributed by atoms with E-state index in [2.05, 4.69) is 30.3 Å². The van der Waals surface area contributed by atoms with Gasteiger partial charge in [-0.25, -0.2) is 0 Å². The predicted octanol–water partition coefficient (Wildman–Crippen LogP) is 2.56. The maximum Gasteiger partial charge on any atom is 0.0577 e. The van der Waals surface area contributed by atoms with Gasteiger partial charge in [0.25, 0.3) is 0 Å². The van der Waals surface area contributed by atoms with Crippen molar-refractivity contribution in [3.05, 3.63) is 35.9 Å². The molecule has 2 fully saturated rings. The summed E-state index contributed by atoms with van der Waals surface area (Å²) in [6, 6.07) is 10.7.